The highest BCUT2D eigenvalue weighted by atomic mass is 79.9. The molecule has 1 amide bonds. The van der Waals surface area contributed by atoms with Crippen LogP contribution in [0.1, 0.15) is 22.8 Å². The Morgan fingerprint density at radius 1 is 1.29 bits per heavy atom. The second kappa shape index (κ2) is 6.50. The molecule has 2 rings (SSSR count). The number of phenols is 1. The van der Waals surface area contributed by atoms with Gasteiger partial charge in [0.2, 0.25) is 0 Å². The fourth-order valence-electron chi connectivity index (χ4n) is 2.00. The lowest BCUT2D eigenvalue weighted by molar-refractivity contribution is 0.0910. The molecule has 21 heavy (non-hydrogen) atoms. The van der Waals surface area contributed by atoms with Crippen molar-refractivity contribution >= 4 is 33.4 Å². The van der Waals surface area contributed by atoms with Crippen LogP contribution in [0.3, 0.4) is 0 Å². The number of amides is 1. The molecular weight excluding hydrogens is 354 g/mol. The van der Waals surface area contributed by atoms with Crippen LogP contribution in [0.4, 0.5) is 0 Å². The Balaban J connectivity index is 2.30. The van der Waals surface area contributed by atoms with Crippen molar-refractivity contribution in [3.63, 3.8) is 0 Å². The maximum Gasteiger partial charge on any atom is 0.255 e. The van der Waals surface area contributed by atoms with Crippen LogP contribution in [0.15, 0.2) is 53.0 Å². The van der Waals surface area contributed by atoms with E-state index < -0.39 is 5.54 Å². The first-order chi connectivity index (χ1) is 9.96. The Bertz CT molecular complexity index is 648. The lowest BCUT2D eigenvalue weighted by atomic mass is 9.93. The summed E-state index contributed by atoms with van der Waals surface area (Å²) < 4.78 is 0.720. The van der Waals surface area contributed by atoms with Crippen LogP contribution in [0.5, 0.6) is 5.75 Å². The quantitative estimate of drug-likeness (QED) is 0.800. The van der Waals surface area contributed by atoms with E-state index in [0.29, 0.717) is 0 Å². The molecule has 0 heterocycles. The van der Waals surface area contributed by atoms with Crippen molar-refractivity contribution in [2.75, 3.05) is 5.88 Å². The van der Waals surface area contributed by atoms with Crippen LogP contribution in [-0.4, -0.2) is 16.9 Å². The van der Waals surface area contributed by atoms with Gasteiger partial charge in [-0.1, -0.05) is 46.3 Å². The number of carbonyl (C=O) groups excluding carboxylic acids is 1. The highest BCUT2D eigenvalue weighted by Gasteiger charge is 2.28. The van der Waals surface area contributed by atoms with Crippen molar-refractivity contribution in [3.05, 3.63) is 64.1 Å². The number of alkyl halides is 1. The van der Waals surface area contributed by atoms with E-state index >= 15 is 0 Å². The number of benzene rings is 2. The summed E-state index contributed by atoms with van der Waals surface area (Å²) >= 11 is 9.35. The Morgan fingerprint density at radius 2 is 1.95 bits per heavy atom. The van der Waals surface area contributed by atoms with Crippen molar-refractivity contribution in [1.82, 2.24) is 5.32 Å². The van der Waals surface area contributed by atoms with Gasteiger partial charge in [0.15, 0.2) is 0 Å². The first-order valence-corrected chi connectivity index (χ1v) is 7.71. The van der Waals surface area contributed by atoms with Crippen LogP contribution >= 0.6 is 27.5 Å². The van der Waals surface area contributed by atoms with E-state index in [0.717, 1.165) is 10.0 Å². The summed E-state index contributed by atoms with van der Waals surface area (Å²) in [5.74, 6) is -0.223. The Kier molecular flexibility index (Phi) is 4.91. The van der Waals surface area contributed by atoms with E-state index in [2.05, 4.69) is 21.2 Å². The topological polar surface area (TPSA) is 49.3 Å². The zero-order valence-corrected chi connectivity index (χ0v) is 13.8. The number of rotatable bonds is 4. The molecule has 0 aromatic heterocycles. The monoisotopic (exact) mass is 367 g/mol. The lowest BCUT2D eigenvalue weighted by Gasteiger charge is -2.29. The summed E-state index contributed by atoms with van der Waals surface area (Å²) in [6.07, 6.45) is 0. The van der Waals surface area contributed by atoms with Gasteiger partial charge >= 0.3 is 0 Å². The SMILES string of the molecule is CC(CCl)(NC(=O)c1cc(Br)ccc1O)c1ccccc1. The highest BCUT2D eigenvalue weighted by Crippen LogP contribution is 2.26. The van der Waals surface area contributed by atoms with Gasteiger partial charge in [-0.15, -0.1) is 11.6 Å². The molecule has 0 radical (unpaired) electrons. The van der Waals surface area contributed by atoms with Gasteiger partial charge in [0.1, 0.15) is 5.75 Å². The molecule has 0 aliphatic rings. The number of carbonyl (C=O) groups is 1. The molecule has 0 saturated heterocycles. The van der Waals surface area contributed by atoms with Gasteiger partial charge in [-0.2, -0.15) is 0 Å². The first-order valence-electron chi connectivity index (χ1n) is 6.39. The molecule has 0 spiro atoms. The van der Waals surface area contributed by atoms with Gasteiger partial charge in [-0.3, -0.25) is 4.79 Å². The number of aromatic hydroxyl groups is 1. The smallest absolute Gasteiger partial charge is 0.255 e. The van der Waals surface area contributed by atoms with Crippen LogP contribution in [0, 0.1) is 0 Å². The van der Waals surface area contributed by atoms with Crippen LogP contribution in [-0.2, 0) is 5.54 Å². The standard InChI is InChI=1S/C16H15BrClNO2/c1-16(10-18,11-5-3-2-4-6-11)19-15(21)13-9-12(17)7-8-14(13)20/h2-9,20H,10H2,1H3,(H,19,21). The molecule has 110 valence electrons. The molecule has 5 heteroatoms. The minimum absolute atomic E-state index is 0.0688. The molecule has 2 N–H and O–H groups in total. The third-order valence-corrected chi connectivity index (χ3v) is 4.30. The minimum Gasteiger partial charge on any atom is -0.507 e. The van der Waals surface area contributed by atoms with E-state index in [1.54, 1.807) is 12.1 Å². The van der Waals surface area contributed by atoms with Gasteiger partial charge < -0.3 is 10.4 Å². The Hall–Kier alpha value is -1.52. The summed E-state index contributed by atoms with van der Waals surface area (Å²) in [6, 6.07) is 14.2. The van der Waals surface area contributed by atoms with E-state index in [4.69, 9.17) is 11.6 Å². The molecule has 0 aliphatic heterocycles. The lowest BCUT2D eigenvalue weighted by Crippen LogP contribution is -2.45. The van der Waals surface area contributed by atoms with E-state index in [-0.39, 0.29) is 23.1 Å². The second-order valence-corrected chi connectivity index (χ2v) is 6.13. The van der Waals surface area contributed by atoms with Crippen LogP contribution in [0.2, 0.25) is 0 Å². The predicted molar refractivity (Wildman–Crippen MR) is 87.8 cm³/mol. The zero-order chi connectivity index (χ0) is 15.5. The molecule has 1 atom stereocenters. The zero-order valence-electron chi connectivity index (χ0n) is 11.4. The Labute approximate surface area is 137 Å². The van der Waals surface area contributed by atoms with Crippen LogP contribution in [0.25, 0.3) is 0 Å². The minimum atomic E-state index is -0.714. The van der Waals surface area contributed by atoms with Crippen molar-refractivity contribution in [3.8, 4) is 5.75 Å². The average Bonchev–Trinajstić information content (AvgIpc) is 2.50. The van der Waals surface area contributed by atoms with Gasteiger partial charge in [-0.05, 0) is 30.7 Å². The predicted octanol–water partition coefficient (Wildman–Crippen LogP) is 4.04. The summed E-state index contributed by atoms with van der Waals surface area (Å²) in [7, 11) is 0. The molecular formula is C16H15BrClNO2. The van der Waals surface area contributed by atoms with Crippen molar-refractivity contribution < 1.29 is 9.90 Å². The number of hydrogen-bond donors (Lipinski definition) is 2. The van der Waals surface area contributed by atoms with Crippen molar-refractivity contribution in [1.29, 1.82) is 0 Å². The highest BCUT2D eigenvalue weighted by molar-refractivity contribution is 9.10. The molecule has 1 unspecified atom stereocenters. The third-order valence-electron chi connectivity index (χ3n) is 3.27. The molecule has 0 bridgehead atoms. The largest absolute Gasteiger partial charge is 0.507 e. The molecule has 3 nitrogen and oxygen atoms in total. The fraction of sp³-hybridized carbons (Fsp3) is 0.188. The second-order valence-electron chi connectivity index (χ2n) is 4.95. The normalized spacial score (nSPS) is 13.5. The van der Waals surface area contributed by atoms with Crippen molar-refractivity contribution in [2.24, 2.45) is 0 Å². The van der Waals surface area contributed by atoms with Crippen molar-refractivity contribution in [2.45, 2.75) is 12.5 Å². The first kappa shape index (κ1) is 15.9. The molecule has 2 aromatic carbocycles. The molecule has 0 aliphatic carbocycles. The number of phenolic OH excluding ortho intramolecular Hbond substituents is 1. The summed E-state index contributed by atoms with van der Waals surface area (Å²) in [5.41, 5.74) is 0.397. The summed E-state index contributed by atoms with van der Waals surface area (Å²) in [6.45, 7) is 1.85. The summed E-state index contributed by atoms with van der Waals surface area (Å²) in [5, 5.41) is 12.7. The summed E-state index contributed by atoms with van der Waals surface area (Å²) in [4.78, 5) is 12.4. The van der Waals surface area contributed by atoms with E-state index in [1.165, 1.54) is 6.07 Å². The van der Waals surface area contributed by atoms with Crippen LogP contribution < -0.4 is 5.32 Å². The number of nitrogens with one attached hydrogen (secondary N) is 1. The molecule has 2 aromatic rings. The molecule has 0 fully saturated rings. The van der Waals surface area contributed by atoms with Gasteiger partial charge in [0.25, 0.3) is 5.91 Å². The Morgan fingerprint density at radius 3 is 2.57 bits per heavy atom. The van der Waals surface area contributed by atoms with E-state index in [1.807, 2.05) is 37.3 Å². The maximum atomic E-state index is 12.4. The third kappa shape index (κ3) is 3.57. The molecule has 0 saturated carbocycles. The average molecular weight is 369 g/mol. The van der Waals surface area contributed by atoms with Gasteiger partial charge in [0, 0.05) is 10.4 Å². The maximum absolute atomic E-state index is 12.4. The fourth-order valence-corrected chi connectivity index (χ4v) is 2.58. The van der Waals surface area contributed by atoms with Gasteiger partial charge in [0.05, 0.1) is 11.1 Å². The number of hydrogen-bond acceptors (Lipinski definition) is 2. The number of halogens is 2. The van der Waals surface area contributed by atoms with Gasteiger partial charge in [-0.25, -0.2) is 0 Å². The van der Waals surface area contributed by atoms with E-state index in [9.17, 15) is 9.90 Å².